The van der Waals surface area contributed by atoms with Crippen molar-refractivity contribution >= 4 is 6.03 Å². The average molecular weight is 195 g/mol. The van der Waals surface area contributed by atoms with E-state index in [4.69, 9.17) is 0 Å². The van der Waals surface area contributed by atoms with Gasteiger partial charge in [-0.3, -0.25) is 0 Å². The Kier molecular flexibility index (Phi) is 1.90. The number of hydrogen-bond donors (Lipinski definition) is 2. The first-order valence-electron chi connectivity index (χ1n) is 5.61. The van der Waals surface area contributed by atoms with Gasteiger partial charge in [0.1, 0.15) is 0 Å². The smallest absolute Gasteiger partial charge is 0.317 e. The molecule has 3 fully saturated rings. The molecule has 2 atom stereocenters. The van der Waals surface area contributed by atoms with Crippen LogP contribution in [-0.2, 0) is 0 Å². The predicted molar refractivity (Wildman–Crippen MR) is 53.0 cm³/mol. The third-order valence-electron chi connectivity index (χ3n) is 3.86. The zero-order chi connectivity index (χ0) is 9.54. The molecule has 2 saturated heterocycles. The molecule has 2 aliphatic heterocycles. The van der Waals surface area contributed by atoms with Gasteiger partial charge in [-0.2, -0.15) is 0 Å². The van der Waals surface area contributed by atoms with E-state index in [2.05, 4.69) is 15.5 Å². The average Bonchev–Trinajstić information content (AvgIpc) is 2.22. The van der Waals surface area contributed by atoms with Crippen LogP contribution in [0.4, 0.5) is 4.79 Å². The minimum Gasteiger partial charge on any atom is -0.338 e. The number of nitrogens with one attached hydrogen (secondary N) is 2. The van der Waals surface area contributed by atoms with E-state index in [0.29, 0.717) is 6.04 Å². The van der Waals surface area contributed by atoms with Gasteiger partial charge in [0.2, 0.25) is 0 Å². The second-order valence-electron chi connectivity index (χ2n) is 4.68. The Morgan fingerprint density at radius 1 is 1.29 bits per heavy atom. The first kappa shape index (κ1) is 8.53. The number of urea groups is 1. The molecule has 3 rings (SSSR count). The van der Waals surface area contributed by atoms with Crippen molar-refractivity contribution in [2.45, 2.75) is 18.9 Å². The summed E-state index contributed by atoms with van der Waals surface area (Å²) in [5, 5.41) is 6.35. The molecular weight excluding hydrogens is 178 g/mol. The van der Waals surface area contributed by atoms with Gasteiger partial charge in [0, 0.05) is 19.1 Å². The molecule has 0 radical (unpaired) electrons. The molecule has 0 aromatic carbocycles. The molecule has 1 aliphatic carbocycles. The fraction of sp³-hybridized carbons (Fsp3) is 0.900. The lowest BCUT2D eigenvalue weighted by Crippen LogP contribution is -2.67. The number of carbonyl (C=O) groups is 1. The minimum atomic E-state index is 0.165. The molecule has 78 valence electrons. The highest BCUT2D eigenvalue weighted by molar-refractivity contribution is 5.75. The van der Waals surface area contributed by atoms with Crippen LogP contribution in [0.25, 0.3) is 0 Å². The summed E-state index contributed by atoms with van der Waals surface area (Å²) in [5.74, 6) is 1.44. The topological polar surface area (TPSA) is 44.4 Å². The van der Waals surface area contributed by atoms with E-state index >= 15 is 0 Å². The second-order valence-corrected chi connectivity index (χ2v) is 4.68. The van der Waals surface area contributed by atoms with Gasteiger partial charge in [0.25, 0.3) is 0 Å². The molecule has 0 spiro atoms. The number of nitrogens with zero attached hydrogens (tertiary/aromatic N) is 1. The second kappa shape index (κ2) is 3.12. The molecule has 1 saturated carbocycles. The van der Waals surface area contributed by atoms with E-state index in [1.54, 1.807) is 0 Å². The molecule has 14 heavy (non-hydrogen) atoms. The zero-order valence-electron chi connectivity index (χ0n) is 8.33. The number of hydrogen-bond acceptors (Lipinski definition) is 2. The Labute approximate surface area is 84.0 Å². The third-order valence-corrected chi connectivity index (χ3v) is 3.86. The van der Waals surface area contributed by atoms with Crippen LogP contribution in [0, 0.1) is 11.8 Å². The molecule has 4 heteroatoms. The number of fused-ring (bicyclic) bond motifs is 2. The molecular formula is C10H17N3O. The maximum Gasteiger partial charge on any atom is 0.317 e. The number of amides is 2. The monoisotopic (exact) mass is 195 g/mol. The minimum absolute atomic E-state index is 0.165. The summed E-state index contributed by atoms with van der Waals surface area (Å²) in [6, 6.07) is 0.703. The number of piperidine rings is 2. The van der Waals surface area contributed by atoms with Crippen molar-refractivity contribution in [2.75, 3.05) is 26.2 Å². The van der Waals surface area contributed by atoms with Crippen LogP contribution in [0.1, 0.15) is 12.8 Å². The van der Waals surface area contributed by atoms with E-state index in [1.165, 1.54) is 6.42 Å². The van der Waals surface area contributed by atoms with Gasteiger partial charge in [-0.05, 0) is 37.8 Å². The summed E-state index contributed by atoms with van der Waals surface area (Å²) in [6.45, 7) is 4.02. The lowest BCUT2D eigenvalue weighted by molar-refractivity contribution is -0.00889. The van der Waals surface area contributed by atoms with Gasteiger partial charge in [0.15, 0.2) is 0 Å². The van der Waals surface area contributed by atoms with E-state index in [-0.39, 0.29) is 6.03 Å². The summed E-state index contributed by atoms with van der Waals surface area (Å²) >= 11 is 0. The largest absolute Gasteiger partial charge is 0.338 e. The molecule has 2 amide bonds. The lowest BCUT2D eigenvalue weighted by atomic mass is 9.66. The highest BCUT2D eigenvalue weighted by atomic mass is 16.2. The third kappa shape index (κ3) is 1.13. The number of rotatable bonds is 1. The van der Waals surface area contributed by atoms with Crippen LogP contribution < -0.4 is 10.6 Å². The van der Waals surface area contributed by atoms with Crippen molar-refractivity contribution in [3.8, 4) is 0 Å². The van der Waals surface area contributed by atoms with Gasteiger partial charge >= 0.3 is 6.03 Å². The summed E-state index contributed by atoms with van der Waals surface area (Å²) in [4.78, 5) is 13.7. The molecule has 0 aromatic rings. The van der Waals surface area contributed by atoms with Gasteiger partial charge in [-0.25, -0.2) is 4.79 Å². The van der Waals surface area contributed by atoms with Gasteiger partial charge in [0.05, 0.1) is 0 Å². The summed E-state index contributed by atoms with van der Waals surface area (Å²) < 4.78 is 0. The van der Waals surface area contributed by atoms with Gasteiger partial charge in [-0.1, -0.05) is 0 Å². The molecule has 2 N–H and O–H groups in total. The van der Waals surface area contributed by atoms with E-state index in [1.807, 2.05) is 0 Å². The molecule has 0 aromatic heterocycles. The van der Waals surface area contributed by atoms with Gasteiger partial charge < -0.3 is 15.5 Å². The maximum atomic E-state index is 11.7. The molecule has 2 bridgehead atoms. The maximum absolute atomic E-state index is 11.7. The van der Waals surface area contributed by atoms with Crippen molar-refractivity contribution in [1.29, 1.82) is 0 Å². The first-order chi connectivity index (χ1) is 6.86. The quantitative estimate of drug-likeness (QED) is 0.619. The van der Waals surface area contributed by atoms with Crippen LogP contribution in [-0.4, -0.2) is 43.2 Å². The summed E-state index contributed by atoms with van der Waals surface area (Å²) in [5.41, 5.74) is 0. The molecule has 2 unspecified atom stereocenters. The molecule has 3 aliphatic rings. The summed E-state index contributed by atoms with van der Waals surface area (Å²) in [7, 11) is 0. The highest BCUT2D eigenvalue weighted by Gasteiger charge is 2.48. The van der Waals surface area contributed by atoms with Crippen LogP contribution in [0.3, 0.4) is 0 Å². The Hall–Kier alpha value is -0.770. The van der Waals surface area contributed by atoms with E-state index in [0.717, 1.165) is 44.4 Å². The highest BCUT2D eigenvalue weighted by Crippen LogP contribution is 2.40. The lowest BCUT2D eigenvalue weighted by Gasteiger charge is -2.54. The Bertz CT molecular complexity index is 242. The normalized spacial score (nSPS) is 41.6. The summed E-state index contributed by atoms with van der Waals surface area (Å²) in [6.07, 6.45) is 2.43. The first-order valence-corrected chi connectivity index (χ1v) is 5.61. The van der Waals surface area contributed by atoms with Crippen LogP contribution in [0.5, 0.6) is 0 Å². The molecule has 4 nitrogen and oxygen atoms in total. The van der Waals surface area contributed by atoms with E-state index in [9.17, 15) is 4.79 Å². The Morgan fingerprint density at radius 3 is 2.71 bits per heavy atom. The standard InChI is InChI=1S/C10H17N3O/c14-10-12-2-1-3-13(10)9-7-4-8(9)6-11-5-7/h7-9,11H,1-6H2,(H,12,14). The van der Waals surface area contributed by atoms with Crippen LogP contribution >= 0.6 is 0 Å². The Balaban J connectivity index is 1.72. The van der Waals surface area contributed by atoms with Gasteiger partial charge in [-0.15, -0.1) is 0 Å². The van der Waals surface area contributed by atoms with Crippen molar-refractivity contribution < 1.29 is 4.79 Å². The van der Waals surface area contributed by atoms with Crippen molar-refractivity contribution in [1.82, 2.24) is 15.5 Å². The zero-order valence-corrected chi connectivity index (χ0v) is 8.33. The SMILES string of the molecule is O=C1NCCCN1C1C2CNCC1C2. The Morgan fingerprint density at radius 2 is 2.07 bits per heavy atom. The van der Waals surface area contributed by atoms with E-state index < -0.39 is 0 Å². The van der Waals surface area contributed by atoms with Crippen LogP contribution in [0.15, 0.2) is 0 Å². The van der Waals surface area contributed by atoms with Crippen LogP contribution in [0.2, 0.25) is 0 Å². The van der Waals surface area contributed by atoms with Crippen molar-refractivity contribution in [3.63, 3.8) is 0 Å². The van der Waals surface area contributed by atoms with Crippen molar-refractivity contribution in [3.05, 3.63) is 0 Å². The van der Waals surface area contributed by atoms with Crippen molar-refractivity contribution in [2.24, 2.45) is 11.8 Å². The number of carbonyl (C=O) groups excluding carboxylic acids is 1. The molecule has 2 heterocycles. The predicted octanol–water partition coefficient (Wildman–Crippen LogP) is 0.00960. The fourth-order valence-electron chi connectivity index (χ4n) is 3.16. The fourth-order valence-corrected chi connectivity index (χ4v) is 3.16.